The summed E-state index contributed by atoms with van der Waals surface area (Å²) in [7, 11) is 4.07. The lowest BCUT2D eigenvalue weighted by atomic mass is 9.78. The fraction of sp³-hybridized carbons (Fsp3) is 0.231. The third-order valence-electron chi connectivity index (χ3n) is 6.23. The molecule has 31 heavy (non-hydrogen) atoms. The van der Waals surface area contributed by atoms with Crippen LogP contribution in [-0.2, 0) is 4.79 Å². The number of allylic oxidation sites excluding steroid dienone is 1. The van der Waals surface area contributed by atoms with E-state index in [1.165, 1.54) is 5.56 Å². The van der Waals surface area contributed by atoms with E-state index in [1.54, 1.807) is 12.4 Å². The molecule has 1 aliphatic heterocycles. The number of nitrogens with one attached hydrogen (secondary N) is 2. The van der Waals surface area contributed by atoms with Crippen LogP contribution in [0.5, 0.6) is 0 Å². The summed E-state index contributed by atoms with van der Waals surface area (Å²) in [5, 5.41) is 7.20. The fourth-order valence-electron chi connectivity index (χ4n) is 4.58. The minimum Gasteiger partial charge on any atom is -0.378 e. The van der Waals surface area contributed by atoms with Gasteiger partial charge in [-0.05, 0) is 59.9 Å². The number of carbonyl (C=O) groups is 1. The minimum atomic E-state index is -0.196. The Morgan fingerprint density at radius 1 is 0.871 bits per heavy atom. The number of fused-ring (bicyclic) bond motifs is 1. The molecule has 0 radical (unpaired) electrons. The second-order valence-electron chi connectivity index (χ2n) is 8.44. The summed E-state index contributed by atoms with van der Waals surface area (Å²) in [6.45, 7) is 0. The largest absolute Gasteiger partial charge is 0.378 e. The van der Waals surface area contributed by atoms with Gasteiger partial charge < -0.3 is 15.5 Å². The molecule has 1 aliphatic carbocycles. The number of anilines is 3. The van der Waals surface area contributed by atoms with Crippen LogP contribution in [0, 0.1) is 0 Å². The van der Waals surface area contributed by atoms with Crippen LogP contribution in [-0.4, -0.2) is 24.9 Å². The first-order chi connectivity index (χ1) is 15.1. The summed E-state index contributed by atoms with van der Waals surface area (Å²) in [5.74, 6) is 0.357. The van der Waals surface area contributed by atoms with Crippen molar-refractivity contribution in [3.8, 4) is 0 Å². The molecule has 2 unspecified atom stereocenters. The van der Waals surface area contributed by atoms with E-state index in [0.29, 0.717) is 6.42 Å². The van der Waals surface area contributed by atoms with Crippen LogP contribution in [0.4, 0.5) is 17.1 Å². The molecule has 2 aromatic carbocycles. The van der Waals surface area contributed by atoms with E-state index in [-0.39, 0.29) is 17.7 Å². The molecule has 0 fully saturated rings. The maximum Gasteiger partial charge on any atom is 0.163 e. The fourth-order valence-corrected chi connectivity index (χ4v) is 4.58. The lowest BCUT2D eigenvalue weighted by Crippen LogP contribution is -2.26. The normalized spacial score (nSPS) is 20.1. The molecule has 5 heteroatoms. The summed E-state index contributed by atoms with van der Waals surface area (Å²) in [6, 6.07) is 20.5. The maximum absolute atomic E-state index is 13.5. The summed E-state index contributed by atoms with van der Waals surface area (Å²) in [4.78, 5) is 19.8. The quantitative estimate of drug-likeness (QED) is 0.627. The van der Waals surface area contributed by atoms with E-state index in [9.17, 15) is 4.79 Å². The average Bonchev–Trinajstić information content (AvgIpc) is 2.96. The van der Waals surface area contributed by atoms with Crippen molar-refractivity contribution in [1.29, 1.82) is 0 Å². The number of rotatable bonds is 3. The highest BCUT2D eigenvalue weighted by atomic mass is 16.1. The number of aromatic nitrogens is 1. The zero-order chi connectivity index (χ0) is 21.4. The molecule has 2 aliphatic rings. The first-order valence-electron chi connectivity index (χ1n) is 10.7. The monoisotopic (exact) mass is 410 g/mol. The number of ketones is 1. The predicted molar refractivity (Wildman–Crippen MR) is 125 cm³/mol. The number of hydrogen-bond donors (Lipinski definition) is 2. The van der Waals surface area contributed by atoms with Crippen LogP contribution in [0.3, 0.4) is 0 Å². The summed E-state index contributed by atoms with van der Waals surface area (Å²) >= 11 is 0. The van der Waals surface area contributed by atoms with Crippen molar-refractivity contribution in [2.24, 2.45) is 0 Å². The van der Waals surface area contributed by atoms with Gasteiger partial charge >= 0.3 is 0 Å². The topological polar surface area (TPSA) is 57.3 Å². The Kier molecular flexibility index (Phi) is 4.94. The van der Waals surface area contributed by atoms with Crippen LogP contribution in [0.2, 0.25) is 0 Å². The lowest BCUT2D eigenvalue weighted by Gasteiger charge is -2.30. The third kappa shape index (κ3) is 3.67. The summed E-state index contributed by atoms with van der Waals surface area (Å²) < 4.78 is 0. The van der Waals surface area contributed by atoms with Gasteiger partial charge in [0.05, 0.1) is 17.4 Å². The van der Waals surface area contributed by atoms with Crippen molar-refractivity contribution in [3.63, 3.8) is 0 Å². The molecule has 1 aromatic heterocycles. The smallest absolute Gasteiger partial charge is 0.163 e. The average molecular weight is 411 g/mol. The van der Waals surface area contributed by atoms with E-state index in [4.69, 9.17) is 0 Å². The van der Waals surface area contributed by atoms with Crippen LogP contribution >= 0.6 is 0 Å². The Morgan fingerprint density at radius 2 is 1.58 bits per heavy atom. The zero-order valence-corrected chi connectivity index (χ0v) is 17.8. The number of hydrogen-bond acceptors (Lipinski definition) is 5. The van der Waals surface area contributed by atoms with Gasteiger partial charge in [0.1, 0.15) is 0 Å². The Hall–Kier alpha value is -3.60. The highest BCUT2D eigenvalue weighted by molar-refractivity contribution is 6.01. The van der Waals surface area contributed by atoms with Gasteiger partial charge in [-0.15, -0.1) is 0 Å². The van der Waals surface area contributed by atoms with Gasteiger partial charge in [0.25, 0.3) is 0 Å². The van der Waals surface area contributed by atoms with Crippen molar-refractivity contribution in [1.82, 2.24) is 4.98 Å². The Morgan fingerprint density at radius 3 is 2.29 bits per heavy atom. The van der Waals surface area contributed by atoms with Gasteiger partial charge in [0.2, 0.25) is 0 Å². The molecule has 0 amide bonds. The molecule has 0 saturated heterocycles. The third-order valence-corrected chi connectivity index (χ3v) is 6.23. The first kappa shape index (κ1) is 19.4. The van der Waals surface area contributed by atoms with Crippen molar-refractivity contribution in [3.05, 3.63) is 95.5 Å². The molecule has 2 N–H and O–H groups in total. The Balaban J connectivity index is 1.55. The van der Waals surface area contributed by atoms with Gasteiger partial charge in [-0.1, -0.05) is 24.3 Å². The molecule has 0 saturated carbocycles. The number of benzene rings is 2. The van der Waals surface area contributed by atoms with Crippen LogP contribution in [0.25, 0.3) is 0 Å². The van der Waals surface area contributed by atoms with E-state index in [1.807, 2.05) is 38.4 Å². The van der Waals surface area contributed by atoms with Gasteiger partial charge in [-0.3, -0.25) is 9.78 Å². The van der Waals surface area contributed by atoms with Crippen LogP contribution < -0.4 is 15.5 Å². The number of nitrogens with zero attached hydrogens (tertiary/aromatic N) is 2. The first-order valence-corrected chi connectivity index (χ1v) is 10.7. The predicted octanol–water partition coefficient (Wildman–Crippen LogP) is 5.13. The minimum absolute atomic E-state index is 0.165. The maximum atomic E-state index is 13.5. The molecule has 2 atom stereocenters. The van der Waals surface area contributed by atoms with E-state index in [0.717, 1.165) is 40.3 Å². The van der Waals surface area contributed by atoms with Crippen molar-refractivity contribution in [2.45, 2.75) is 24.8 Å². The molecular formula is C26H26N4O. The van der Waals surface area contributed by atoms with Crippen LogP contribution in [0.15, 0.2) is 84.3 Å². The Labute approximate surface area is 182 Å². The van der Waals surface area contributed by atoms with Gasteiger partial charge in [-0.2, -0.15) is 0 Å². The molecule has 156 valence electrons. The van der Waals surface area contributed by atoms with Gasteiger partial charge in [0, 0.05) is 49.9 Å². The van der Waals surface area contributed by atoms with E-state index in [2.05, 4.69) is 56.9 Å². The number of carbonyl (C=O) groups excluding carboxylic acids is 1. The highest BCUT2D eigenvalue weighted by Crippen LogP contribution is 2.44. The molecule has 3 aromatic rings. The lowest BCUT2D eigenvalue weighted by molar-refractivity contribution is -0.116. The summed E-state index contributed by atoms with van der Waals surface area (Å²) in [6.07, 6.45) is 4.88. The molecule has 0 spiro atoms. The van der Waals surface area contributed by atoms with Crippen molar-refractivity contribution in [2.75, 3.05) is 29.6 Å². The van der Waals surface area contributed by atoms with Crippen molar-refractivity contribution < 1.29 is 4.79 Å². The zero-order valence-electron chi connectivity index (χ0n) is 17.8. The second-order valence-corrected chi connectivity index (χ2v) is 8.44. The molecule has 5 nitrogen and oxygen atoms in total. The molecular weight excluding hydrogens is 384 g/mol. The van der Waals surface area contributed by atoms with Gasteiger partial charge in [0.15, 0.2) is 5.78 Å². The number of para-hydroxylation sites is 2. The summed E-state index contributed by atoms with van der Waals surface area (Å²) in [5.41, 5.74) is 7.26. The molecule has 5 rings (SSSR count). The number of pyridine rings is 1. The van der Waals surface area contributed by atoms with E-state index >= 15 is 0 Å². The highest BCUT2D eigenvalue weighted by Gasteiger charge is 2.36. The van der Waals surface area contributed by atoms with E-state index < -0.39 is 0 Å². The van der Waals surface area contributed by atoms with Gasteiger partial charge in [-0.25, -0.2) is 0 Å². The van der Waals surface area contributed by atoms with Crippen LogP contribution in [0.1, 0.15) is 35.9 Å². The second kappa shape index (κ2) is 7.91. The molecule has 2 heterocycles. The standard InChI is InChI=1S/C26H26N4O/c1-30(2)20-9-7-17(8-10-20)19-15-23-25(24(31)16-19)26(18-11-13-27-14-12-18)29-22-6-4-3-5-21(22)28-23/h3-14,19,26,28-29H,15-16H2,1-2H3. The van der Waals surface area contributed by atoms with Crippen molar-refractivity contribution >= 4 is 22.8 Å². The SMILES string of the molecule is CN(C)c1ccc(C2CC(=O)C3=C(C2)Nc2ccccc2NC3c2ccncc2)cc1. The Bertz CT molecular complexity index is 1140. The molecule has 0 bridgehead atoms. The number of Topliss-reactive ketones (excluding diaryl/α,β-unsaturated/α-hetero) is 1.